The Balaban J connectivity index is 2.58. The molecule has 0 atom stereocenters. The van der Waals surface area contributed by atoms with Crippen molar-refractivity contribution in [2.75, 3.05) is 7.11 Å². The zero-order valence-electron chi connectivity index (χ0n) is 11.2. The summed E-state index contributed by atoms with van der Waals surface area (Å²) in [5.41, 5.74) is 0.840. The summed E-state index contributed by atoms with van der Waals surface area (Å²) < 4.78 is 5.57. The maximum Gasteiger partial charge on any atom is 0.148 e. The highest BCUT2D eigenvalue weighted by molar-refractivity contribution is 5.33. The van der Waals surface area contributed by atoms with Gasteiger partial charge in [0.15, 0.2) is 0 Å². The normalized spacial score (nSPS) is 10.6. The van der Waals surface area contributed by atoms with Gasteiger partial charge < -0.3 is 4.74 Å². The Morgan fingerprint density at radius 3 is 1.75 bits per heavy atom. The van der Waals surface area contributed by atoms with E-state index in [1.807, 2.05) is 12.1 Å². The lowest BCUT2D eigenvalue weighted by Crippen LogP contribution is -2.29. The van der Waals surface area contributed by atoms with Crippen LogP contribution in [0.4, 0.5) is 0 Å². The second-order valence-electron chi connectivity index (χ2n) is 4.28. The highest BCUT2D eigenvalue weighted by Gasteiger charge is 2.32. The minimum atomic E-state index is -0.917. The lowest BCUT2D eigenvalue weighted by Gasteiger charge is -2.27. The second kappa shape index (κ2) is 5.48. The first-order chi connectivity index (χ1) is 9.63. The molecule has 0 spiro atoms. The van der Waals surface area contributed by atoms with Gasteiger partial charge in [0.25, 0.3) is 0 Å². The highest BCUT2D eigenvalue weighted by atomic mass is 16.5. The van der Waals surface area contributed by atoms with Gasteiger partial charge in [-0.25, -0.2) is 9.97 Å². The van der Waals surface area contributed by atoms with Crippen molar-refractivity contribution < 1.29 is 4.74 Å². The van der Waals surface area contributed by atoms with Crippen LogP contribution in [0.1, 0.15) is 29.7 Å². The van der Waals surface area contributed by atoms with Crippen LogP contribution in [-0.4, -0.2) is 17.1 Å². The Hall–Kier alpha value is -2.76. The molecule has 0 aliphatic rings. The molecule has 2 aromatic heterocycles. The first-order valence-electron chi connectivity index (χ1n) is 5.94. The van der Waals surface area contributed by atoms with E-state index in [1.165, 1.54) is 0 Å². The molecule has 0 bridgehead atoms. The minimum absolute atomic E-state index is 0.308. The van der Waals surface area contributed by atoms with Crippen molar-refractivity contribution in [1.29, 1.82) is 10.5 Å². The molecule has 5 nitrogen and oxygen atoms in total. The Kier molecular flexibility index (Phi) is 3.74. The first kappa shape index (κ1) is 13.7. The first-order valence-corrected chi connectivity index (χ1v) is 5.94. The molecule has 0 unspecified atom stereocenters. The minimum Gasteiger partial charge on any atom is -0.366 e. The topological polar surface area (TPSA) is 82.6 Å². The van der Waals surface area contributed by atoms with Gasteiger partial charge in [-0.15, -0.1) is 0 Å². The molecule has 98 valence electrons. The number of aromatic nitrogens is 2. The highest BCUT2D eigenvalue weighted by Crippen LogP contribution is 2.30. The van der Waals surface area contributed by atoms with Gasteiger partial charge >= 0.3 is 0 Å². The zero-order chi connectivity index (χ0) is 14.6. The quantitative estimate of drug-likeness (QED) is 0.848. The molecule has 2 rings (SSSR count). The fraction of sp³-hybridized carbons (Fsp3) is 0.200. The van der Waals surface area contributed by atoms with Crippen LogP contribution in [0.3, 0.4) is 0 Å². The van der Waals surface area contributed by atoms with Crippen molar-refractivity contribution >= 4 is 0 Å². The molecule has 2 heterocycles. The molecule has 20 heavy (non-hydrogen) atoms. The summed E-state index contributed by atoms with van der Waals surface area (Å²) in [6.07, 6.45) is 0. The Morgan fingerprint density at radius 2 is 1.40 bits per heavy atom. The van der Waals surface area contributed by atoms with Gasteiger partial charge in [0.1, 0.15) is 29.1 Å². The molecule has 0 saturated heterocycles. The van der Waals surface area contributed by atoms with E-state index in [9.17, 15) is 0 Å². The largest absolute Gasteiger partial charge is 0.366 e. The number of ether oxygens (including phenoxy) is 1. The van der Waals surface area contributed by atoms with Gasteiger partial charge in [-0.05, 0) is 31.2 Å². The number of nitrogens with zero attached hydrogens (tertiary/aromatic N) is 4. The van der Waals surface area contributed by atoms with Gasteiger partial charge in [-0.1, -0.05) is 12.1 Å². The molecule has 0 aromatic carbocycles. The number of hydrogen-bond acceptors (Lipinski definition) is 5. The predicted molar refractivity (Wildman–Crippen MR) is 71.4 cm³/mol. The maximum absolute atomic E-state index is 8.94. The van der Waals surface area contributed by atoms with Crippen molar-refractivity contribution in [1.82, 2.24) is 9.97 Å². The fourth-order valence-electron chi connectivity index (χ4n) is 1.87. The lowest BCUT2D eigenvalue weighted by molar-refractivity contribution is 0.0316. The van der Waals surface area contributed by atoms with E-state index in [1.54, 1.807) is 50.4 Å². The van der Waals surface area contributed by atoms with E-state index >= 15 is 0 Å². The molecule has 0 aliphatic heterocycles. The third-order valence-electron chi connectivity index (χ3n) is 3.11. The van der Waals surface area contributed by atoms with Gasteiger partial charge in [0.05, 0.1) is 11.4 Å². The van der Waals surface area contributed by atoms with Crippen LogP contribution in [0, 0.1) is 22.7 Å². The van der Waals surface area contributed by atoms with Crippen LogP contribution < -0.4 is 0 Å². The third kappa shape index (κ3) is 2.35. The van der Waals surface area contributed by atoms with Crippen LogP contribution >= 0.6 is 0 Å². The van der Waals surface area contributed by atoms with E-state index in [0.29, 0.717) is 22.8 Å². The summed E-state index contributed by atoms with van der Waals surface area (Å²) >= 11 is 0. The standard InChI is InChI=1S/C15H12N4O/c1-15(20-2,13-7-3-5-11(9-16)18-13)14-8-4-6-12(10-17)19-14/h3-8H,1-2H3. The third-order valence-corrected chi connectivity index (χ3v) is 3.11. The van der Waals surface area contributed by atoms with Crippen LogP contribution in [0.15, 0.2) is 36.4 Å². The molecule has 0 aliphatic carbocycles. The van der Waals surface area contributed by atoms with Crippen molar-refractivity contribution in [3.8, 4) is 12.1 Å². The lowest BCUT2D eigenvalue weighted by atomic mass is 9.95. The van der Waals surface area contributed by atoms with Crippen LogP contribution in [0.5, 0.6) is 0 Å². The molecule has 0 N–H and O–H groups in total. The number of rotatable bonds is 3. The monoisotopic (exact) mass is 264 g/mol. The summed E-state index contributed by atoms with van der Waals surface area (Å²) in [6, 6.07) is 14.3. The number of pyridine rings is 2. The average Bonchev–Trinajstić information content (AvgIpc) is 2.54. The summed E-state index contributed by atoms with van der Waals surface area (Å²) in [6.45, 7) is 1.81. The molecule has 0 radical (unpaired) electrons. The number of methoxy groups -OCH3 is 1. The number of nitriles is 2. The second-order valence-corrected chi connectivity index (χ2v) is 4.28. The SMILES string of the molecule is COC(C)(c1cccc(C#N)n1)c1cccc(C#N)n1. The van der Waals surface area contributed by atoms with Gasteiger partial charge in [0, 0.05) is 7.11 Å². The molecule has 0 saturated carbocycles. The van der Waals surface area contributed by atoms with Gasteiger partial charge in [-0.3, -0.25) is 0 Å². The fourth-order valence-corrected chi connectivity index (χ4v) is 1.87. The van der Waals surface area contributed by atoms with Crippen molar-refractivity contribution in [3.63, 3.8) is 0 Å². The molecular formula is C15H12N4O. The van der Waals surface area contributed by atoms with E-state index in [4.69, 9.17) is 15.3 Å². The van der Waals surface area contributed by atoms with E-state index < -0.39 is 5.60 Å². The van der Waals surface area contributed by atoms with Crippen LogP contribution in [0.2, 0.25) is 0 Å². The summed E-state index contributed by atoms with van der Waals surface area (Å²) in [5.74, 6) is 0. The molecule has 0 amide bonds. The molecule has 2 aromatic rings. The van der Waals surface area contributed by atoms with Crippen molar-refractivity contribution in [3.05, 3.63) is 59.2 Å². The summed E-state index contributed by atoms with van der Waals surface area (Å²) in [4.78, 5) is 8.51. The van der Waals surface area contributed by atoms with Crippen LogP contribution in [-0.2, 0) is 10.3 Å². The Labute approximate surface area is 117 Å². The molecular weight excluding hydrogens is 252 g/mol. The number of hydrogen-bond donors (Lipinski definition) is 0. The Morgan fingerprint density at radius 1 is 0.950 bits per heavy atom. The Bertz CT molecular complexity index is 655. The maximum atomic E-state index is 8.94. The van der Waals surface area contributed by atoms with Crippen molar-refractivity contribution in [2.45, 2.75) is 12.5 Å². The predicted octanol–water partition coefficient (Wildman–Crippen LogP) is 2.13. The average molecular weight is 264 g/mol. The summed E-state index contributed by atoms with van der Waals surface area (Å²) in [5, 5.41) is 17.9. The van der Waals surface area contributed by atoms with Crippen LogP contribution in [0.25, 0.3) is 0 Å². The zero-order valence-corrected chi connectivity index (χ0v) is 11.2. The molecule has 5 heteroatoms. The van der Waals surface area contributed by atoms with Crippen molar-refractivity contribution in [2.24, 2.45) is 0 Å². The van der Waals surface area contributed by atoms with E-state index in [2.05, 4.69) is 9.97 Å². The van der Waals surface area contributed by atoms with E-state index in [0.717, 1.165) is 0 Å². The smallest absolute Gasteiger partial charge is 0.148 e. The van der Waals surface area contributed by atoms with Gasteiger partial charge in [-0.2, -0.15) is 10.5 Å². The van der Waals surface area contributed by atoms with Gasteiger partial charge in [0.2, 0.25) is 0 Å². The molecule has 0 fully saturated rings. The van der Waals surface area contributed by atoms with E-state index in [-0.39, 0.29) is 0 Å². The summed E-state index contributed by atoms with van der Waals surface area (Å²) in [7, 11) is 1.54.